The Hall–Kier alpha value is -2.40. The first-order valence-corrected chi connectivity index (χ1v) is 7.27. The lowest BCUT2D eigenvalue weighted by Crippen LogP contribution is -2.29. The smallest absolute Gasteiger partial charge is 0.345 e. The van der Waals surface area contributed by atoms with Crippen LogP contribution in [0.3, 0.4) is 0 Å². The Bertz CT molecular complexity index is 669. The number of aliphatic carboxylic acids is 1. The molecular formula is C17H17ClO5. The van der Waals surface area contributed by atoms with Crippen molar-refractivity contribution in [1.82, 2.24) is 0 Å². The second-order valence-electron chi connectivity index (χ2n) is 4.79. The Morgan fingerprint density at radius 1 is 1.09 bits per heavy atom. The largest absolute Gasteiger partial charge is 0.497 e. The Morgan fingerprint density at radius 3 is 2.26 bits per heavy atom. The summed E-state index contributed by atoms with van der Waals surface area (Å²) >= 11 is 6.06. The molecule has 0 radical (unpaired) electrons. The first-order valence-electron chi connectivity index (χ1n) is 6.89. The predicted molar refractivity (Wildman–Crippen MR) is 86.8 cm³/mol. The molecule has 122 valence electrons. The zero-order valence-electron chi connectivity index (χ0n) is 12.8. The van der Waals surface area contributed by atoms with Gasteiger partial charge in [-0.15, -0.1) is 0 Å². The molecule has 2 rings (SSSR count). The fourth-order valence-electron chi connectivity index (χ4n) is 2.05. The predicted octanol–water partition coefficient (Wildman–Crippen LogP) is 3.43. The van der Waals surface area contributed by atoms with Crippen LogP contribution in [0.4, 0.5) is 0 Å². The van der Waals surface area contributed by atoms with Crippen LogP contribution in [-0.2, 0) is 11.2 Å². The van der Waals surface area contributed by atoms with Crippen molar-refractivity contribution >= 4 is 17.6 Å². The molecule has 0 saturated carbocycles. The number of halogens is 1. The van der Waals surface area contributed by atoms with E-state index in [0.29, 0.717) is 22.3 Å². The van der Waals surface area contributed by atoms with Gasteiger partial charge in [0.1, 0.15) is 17.2 Å². The Morgan fingerprint density at radius 2 is 1.74 bits per heavy atom. The maximum atomic E-state index is 11.4. The number of carbonyl (C=O) groups is 1. The van der Waals surface area contributed by atoms with Gasteiger partial charge in [0.2, 0.25) is 0 Å². The normalized spacial score (nSPS) is 11.6. The fraction of sp³-hybridized carbons (Fsp3) is 0.235. The Kier molecular flexibility index (Phi) is 5.71. The van der Waals surface area contributed by atoms with Gasteiger partial charge in [-0.1, -0.05) is 17.7 Å². The Labute approximate surface area is 139 Å². The molecule has 0 saturated heterocycles. The number of ether oxygens (including phenoxy) is 3. The highest BCUT2D eigenvalue weighted by molar-refractivity contribution is 6.32. The van der Waals surface area contributed by atoms with Crippen LogP contribution in [0.15, 0.2) is 42.5 Å². The van der Waals surface area contributed by atoms with E-state index < -0.39 is 12.1 Å². The van der Waals surface area contributed by atoms with E-state index in [1.165, 1.54) is 7.11 Å². The van der Waals surface area contributed by atoms with E-state index in [-0.39, 0.29) is 6.42 Å². The van der Waals surface area contributed by atoms with E-state index >= 15 is 0 Å². The van der Waals surface area contributed by atoms with Crippen molar-refractivity contribution in [1.29, 1.82) is 0 Å². The minimum absolute atomic E-state index is 0.186. The molecule has 0 amide bonds. The zero-order chi connectivity index (χ0) is 16.8. The molecule has 0 unspecified atom stereocenters. The summed E-state index contributed by atoms with van der Waals surface area (Å²) < 4.78 is 15.7. The second kappa shape index (κ2) is 7.74. The van der Waals surface area contributed by atoms with E-state index in [1.807, 2.05) is 0 Å². The zero-order valence-corrected chi connectivity index (χ0v) is 13.5. The van der Waals surface area contributed by atoms with Gasteiger partial charge in [-0.25, -0.2) is 4.79 Å². The number of hydrogen-bond acceptors (Lipinski definition) is 4. The van der Waals surface area contributed by atoms with E-state index in [0.717, 1.165) is 5.56 Å². The standard InChI is InChI=1S/C17H17ClO5/c1-21-12-4-6-13(7-5-12)23-16(17(19)20)10-11-3-8-15(22-2)14(18)9-11/h3-9,16H,10H2,1-2H3,(H,19,20)/t16-/m0/s1. The molecule has 0 heterocycles. The van der Waals surface area contributed by atoms with Gasteiger partial charge in [-0.05, 0) is 42.0 Å². The van der Waals surface area contributed by atoms with Gasteiger partial charge in [-0.2, -0.15) is 0 Å². The van der Waals surface area contributed by atoms with Crippen LogP contribution in [-0.4, -0.2) is 31.4 Å². The topological polar surface area (TPSA) is 65.0 Å². The van der Waals surface area contributed by atoms with E-state index in [9.17, 15) is 9.90 Å². The van der Waals surface area contributed by atoms with Crippen LogP contribution in [0.5, 0.6) is 17.2 Å². The highest BCUT2D eigenvalue weighted by atomic mass is 35.5. The van der Waals surface area contributed by atoms with E-state index in [2.05, 4.69) is 0 Å². The number of carboxylic acids is 1. The summed E-state index contributed by atoms with van der Waals surface area (Å²) in [7, 11) is 3.08. The van der Waals surface area contributed by atoms with Gasteiger partial charge in [0, 0.05) is 6.42 Å². The summed E-state index contributed by atoms with van der Waals surface area (Å²) in [5, 5.41) is 9.79. The average molecular weight is 337 g/mol. The summed E-state index contributed by atoms with van der Waals surface area (Å²) in [5.41, 5.74) is 0.747. The van der Waals surface area contributed by atoms with Crippen molar-refractivity contribution in [2.24, 2.45) is 0 Å². The van der Waals surface area contributed by atoms with Crippen LogP contribution in [0.25, 0.3) is 0 Å². The van der Waals surface area contributed by atoms with Crippen molar-refractivity contribution in [3.63, 3.8) is 0 Å². The first kappa shape index (κ1) is 17.0. The third-order valence-corrected chi connectivity index (χ3v) is 3.55. The summed E-state index contributed by atoms with van der Waals surface area (Å²) in [4.78, 5) is 11.4. The molecule has 0 aliphatic rings. The molecule has 2 aromatic carbocycles. The minimum Gasteiger partial charge on any atom is -0.497 e. The van der Waals surface area contributed by atoms with Crippen molar-refractivity contribution in [3.8, 4) is 17.2 Å². The van der Waals surface area contributed by atoms with E-state index in [4.69, 9.17) is 25.8 Å². The lowest BCUT2D eigenvalue weighted by molar-refractivity contribution is -0.145. The van der Waals surface area contributed by atoms with Crippen LogP contribution >= 0.6 is 11.6 Å². The van der Waals surface area contributed by atoms with Gasteiger partial charge >= 0.3 is 5.97 Å². The molecular weight excluding hydrogens is 320 g/mol. The van der Waals surface area contributed by atoms with Crippen molar-refractivity contribution in [3.05, 3.63) is 53.1 Å². The molecule has 1 atom stereocenters. The van der Waals surface area contributed by atoms with Gasteiger partial charge in [-0.3, -0.25) is 0 Å². The van der Waals surface area contributed by atoms with Gasteiger partial charge in [0.25, 0.3) is 0 Å². The molecule has 23 heavy (non-hydrogen) atoms. The highest BCUT2D eigenvalue weighted by Crippen LogP contribution is 2.26. The summed E-state index contributed by atoms with van der Waals surface area (Å²) in [5.74, 6) is 0.620. The quantitative estimate of drug-likeness (QED) is 0.839. The molecule has 0 aliphatic heterocycles. The second-order valence-corrected chi connectivity index (χ2v) is 5.20. The molecule has 0 aromatic heterocycles. The van der Waals surface area contributed by atoms with Crippen molar-refractivity contribution in [2.75, 3.05) is 14.2 Å². The van der Waals surface area contributed by atoms with E-state index in [1.54, 1.807) is 49.6 Å². The molecule has 2 aromatic rings. The van der Waals surface area contributed by atoms with Gasteiger partial charge in [0.15, 0.2) is 6.10 Å². The fourth-order valence-corrected chi connectivity index (χ4v) is 2.33. The molecule has 0 aliphatic carbocycles. The summed E-state index contributed by atoms with van der Waals surface area (Å²) in [6.07, 6.45) is -0.835. The molecule has 0 spiro atoms. The minimum atomic E-state index is -1.05. The van der Waals surface area contributed by atoms with Gasteiger partial charge in [0.05, 0.1) is 19.2 Å². The molecule has 0 bridgehead atoms. The van der Waals surface area contributed by atoms with Crippen LogP contribution in [0, 0.1) is 0 Å². The highest BCUT2D eigenvalue weighted by Gasteiger charge is 2.20. The third kappa shape index (κ3) is 4.53. The van der Waals surface area contributed by atoms with Gasteiger partial charge < -0.3 is 19.3 Å². The summed E-state index contributed by atoms with van der Waals surface area (Å²) in [6, 6.07) is 11.9. The Balaban J connectivity index is 2.12. The van der Waals surface area contributed by atoms with Crippen LogP contribution < -0.4 is 14.2 Å². The van der Waals surface area contributed by atoms with Crippen molar-refractivity contribution < 1.29 is 24.1 Å². The molecule has 6 heteroatoms. The number of carboxylic acid groups (broad SMARTS) is 1. The van der Waals surface area contributed by atoms with Crippen LogP contribution in [0.2, 0.25) is 5.02 Å². The third-order valence-electron chi connectivity index (χ3n) is 3.25. The molecule has 0 fully saturated rings. The number of rotatable bonds is 7. The maximum Gasteiger partial charge on any atom is 0.345 e. The first-order chi connectivity index (χ1) is 11.0. The summed E-state index contributed by atoms with van der Waals surface area (Å²) in [6.45, 7) is 0. The van der Waals surface area contributed by atoms with Crippen LogP contribution in [0.1, 0.15) is 5.56 Å². The average Bonchev–Trinajstić information content (AvgIpc) is 2.55. The number of methoxy groups -OCH3 is 2. The monoisotopic (exact) mass is 336 g/mol. The molecule has 1 N–H and O–H groups in total. The lowest BCUT2D eigenvalue weighted by Gasteiger charge is -2.16. The molecule has 5 nitrogen and oxygen atoms in total. The number of hydrogen-bond donors (Lipinski definition) is 1. The maximum absolute atomic E-state index is 11.4. The lowest BCUT2D eigenvalue weighted by atomic mass is 10.1. The van der Waals surface area contributed by atoms with Crippen molar-refractivity contribution in [2.45, 2.75) is 12.5 Å². The SMILES string of the molecule is COc1ccc(O[C@@H](Cc2ccc(OC)c(Cl)c2)C(=O)O)cc1. The number of benzene rings is 2.